The Hall–Kier alpha value is -0.370. The largest absolute Gasteiger partial charge is 0.165 e. The van der Waals surface area contributed by atoms with Gasteiger partial charge in [0, 0.05) is 5.92 Å². The summed E-state index contributed by atoms with van der Waals surface area (Å²) in [7, 11) is 0. The molecule has 0 radical (unpaired) electrons. The van der Waals surface area contributed by atoms with E-state index in [0.29, 0.717) is 5.92 Å². The summed E-state index contributed by atoms with van der Waals surface area (Å²) in [4.78, 5) is 0. The summed E-state index contributed by atoms with van der Waals surface area (Å²) >= 11 is 5.64. The van der Waals surface area contributed by atoms with Crippen LogP contribution >= 0.6 is 11.6 Å². The van der Waals surface area contributed by atoms with E-state index in [4.69, 9.17) is 11.6 Å². The molecule has 48 valence electrons. The normalized spacial score (nSPS) is 33.0. The molecule has 0 spiro atoms. The lowest BCUT2D eigenvalue weighted by Gasteiger charge is -1.85. The summed E-state index contributed by atoms with van der Waals surface area (Å²) in [6, 6.07) is 0. The third-order valence-corrected chi connectivity index (χ3v) is 1.80. The number of hydrogen-bond donors (Lipinski definition) is 0. The van der Waals surface area contributed by atoms with Crippen LogP contribution in [0.25, 0.3) is 0 Å². The van der Waals surface area contributed by atoms with Gasteiger partial charge < -0.3 is 0 Å². The van der Waals surface area contributed by atoms with Crippen LogP contribution in [0.3, 0.4) is 0 Å². The molecule has 0 unspecified atom stereocenters. The predicted molar refractivity (Wildman–Crippen MR) is 35.3 cm³/mol. The molecule has 0 saturated heterocycles. The van der Waals surface area contributed by atoms with Crippen LogP contribution in [0.15, 0.2) is 22.0 Å². The molecule has 1 aliphatic heterocycles. The Labute approximate surface area is 58.6 Å². The molecule has 1 heterocycles. The van der Waals surface area contributed by atoms with Crippen molar-refractivity contribution in [3.05, 3.63) is 11.8 Å². The van der Waals surface area contributed by atoms with E-state index >= 15 is 0 Å². The smallest absolute Gasteiger partial charge is 0.165 e. The molecule has 2 nitrogen and oxygen atoms in total. The topological polar surface area (TPSA) is 24.7 Å². The van der Waals surface area contributed by atoms with Crippen molar-refractivity contribution >= 4 is 11.6 Å². The average Bonchev–Trinajstić information content (AvgIpc) is 2.58. The molecule has 0 aromatic heterocycles. The van der Waals surface area contributed by atoms with Gasteiger partial charge in [-0.05, 0) is 18.9 Å². The molecule has 2 aliphatic rings. The van der Waals surface area contributed by atoms with Gasteiger partial charge >= 0.3 is 0 Å². The van der Waals surface area contributed by atoms with E-state index in [1.807, 2.05) is 6.08 Å². The van der Waals surface area contributed by atoms with Gasteiger partial charge in [0.15, 0.2) is 5.50 Å². The number of azo groups is 1. The maximum atomic E-state index is 5.64. The van der Waals surface area contributed by atoms with Crippen LogP contribution in [0.4, 0.5) is 0 Å². The third-order valence-electron chi connectivity index (χ3n) is 1.59. The second-order valence-electron chi connectivity index (χ2n) is 2.45. The molecule has 0 aromatic carbocycles. The average molecular weight is 143 g/mol. The minimum Gasteiger partial charge on any atom is -0.165 e. The highest BCUT2D eigenvalue weighted by Crippen LogP contribution is 2.39. The van der Waals surface area contributed by atoms with Crippen LogP contribution < -0.4 is 0 Å². The maximum absolute atomic E-state index is 5.64. The van der Waals surface area contributed by atoms with Crippen molar-refractivity contribution in [3.8, 4) is 0 Å². The Bertz CT molecular complexity index is 181. The number of rotatable bonds is 1. The Morgan fingerprint density at radius 2 is 2.33 bits per heavy atom. The number of halogens is 1. The minimum absolute atomic E-state index is 0.180. The molecule has 0 amide bonds. The van der Waals surface area contributed by atoms with Gasteiger partial charge in [0.2, 0.25) is 0 Å². The second-order valence-corrected chi connectivity index (χ2v) is 2.90. The molecule has 1 atom stereocenters. The molecule has 0 bridgehead atoms. The Kier molecular flexibility index (Phi) is 1.09. The highest BCUT2D eigenvalue weighted by molar-refractivity contribution is 6.21. The maximum Gasteiger partial charge on any atom is 0.165 e. The quantitative estimate of drug-likeness (QED) is 0.397. The van der Waals surface area contributed by atoms with Gasteiger partial charge in [-0.15, -0.1) is 0 Å². The molecule has 0 aromatic rings. The van der Waals surface area contributed by atoms with Gasteiger partial charge in [-0.3, -0.25) is 0 Å². The molecule has 1 aliphatic carbocycles. The summed E-state index contributed by atoms with van der Waals surface area (Å²) in [5, 5.41) is 7.71. The van der Waals surface area contributed by atoms with Gasteiger partial charge in [-0.1, -0.05) is 11.6 Å². The van der Waals surface area contributed by atoms with E-state index in [9.17, 15) is 0 Å². The number of nitrogens with zero attached hydrogens (tertiary/aromatic N) is 2. The summed E-state index contributed by atoms with van der Waals surface area (Å²) in [6.45, 7) is 0. The summed E-state index contributed by atoms with van der Waals surface area (Å²) in [5.41, 5.74) is 0.926. The fraction of sp³-hybridized carbons (Fsp3) is 0.667. The van der Waals surface area contributed by atoms with E-state index in [0.717, 1.165) is 5.70 Å². The monoisotopic (exact) mass is 142 g/mol. The Morgan fingerprint density at radius 1 is 1.56 bits per heavy atom. The SMILES string of the molecule is Cl[C@@H]1C=C(C2CC2)N=N1. The molecule has 1 saturated carbocycles. The highest BCUT2D eigenvalue weighted by atomic mass is 35.5. The number of hydrogen-bond acceptors (Lipinski definition) is 2. The number of allylic oxidation sites excluding steroid dienone is 1. The summed E-state index contributed by atoms with van der Waals surface area (Å²) < 4.78 is 0. The lowest BCUT2D eigenvalue weighted by atomic mass is 10.3. The molecule has 0 N–H and O–H groups in total. The van der Waals surface area contributed by atoms with Crippen molar-refractivity contribution in [2.75, 3.05) is 0 Å². The first-order valence-electron chi connectivity index (χ1n) is 3.13. The Morgan fingerprint density at radius 3 is 2.78 bits per heavy atom. The second kappa shape index (κ2) is 1.81. The van der Waals surface area contributed by atoms with Crippen LogP contribution in [-0.4, -0.2) is 5.50 Å². The fourth-order valence-electron chi connectivity index (χ4n) is 0.926. The van der Waals surface area contributed by atoms with Crippen molar-refractivity contribution in [1.29, 1.82) is 0 Å². The summed E-state index contributed by atoms with van der Waals surface area (Å²) in [5.74, 6) is 0.692. The van der Waals surface area contributed by atoms with Crippen molar-refractivity contribution in [3.63, 3.8) is 0 Å². The third kappa shape index (κ3) is 0.990. The zero-order valence-corrected chi connectivity index (χ0v) is 5.67. The van der Waals surface area contributed by atoms with Crippen LogP contribution in [0, 0.1) is 5.92 Å². The molecule has 3 heteroatoms. The van der Waals surface area contributed by atoms with Gasteiger partial charge in [0.1, 0.15) is 0 Å². The zero-order valence-electron chi connectivity index (χ0n) is 4.92. The minimum atomic E-state index is -0.180. The van der Waals surface area contributed by atoms with Crippen molar-refractivity contribution < 1.29 is 0 Å². The first-order valence-corrected chi connectivity index (χ1v) is 3.56. The van der Waals surface area contributed by atoms with E-state index in [2.05, 4.69) is 10.2 Å². The first kappa shape index (κ1) is 5.42. The van der Waals surface area contributed by atoms with Crippen LogP contribution in [-0.2, 0) is 0 Å². The van der Waals surface area contributed by atoms with E-state index in [1.165, 1.54) is 12.8 Å². The molecular formula is C6H7ClN2. The Balaban J connectivity index is 2.12. The van der Waals surface area contributed by atoms with Crippen LogP contribution in [0.1, 0.15) is 12.8 Å². The van der Waals surface area contributed by atoms with Crippen molar-refractivity contribution in [1.82, 2.24) is 0 Å². The van der Waals surface area contributed by atoms with Crippen molar-refractivity contribution in [2.45, 2.75) is 18.3 Å². The zero-order chi connectivity index (χ0) is 6.27. The van der Waals surface area contributed by atoms with Crippen molar-refractivity contribution in [2.24, 2.45) is 16.1 Å². The molecular weight excluding hydrogens is 136 g/mol. The summed E-state index contributed by atoms with van der Waals surface area (Å²) in [6.07, 6.45) is 4.47. The van der Waals surface area contributed by atoms with Crippen LogP contribution in [0.2, 0.25) is 0 Å². The standard InChI is InChI=1S/C6H7ClN2/c7-6-3-5(8-9-6)4-1-2-4/h3-4,6H,1-2H2/t6-/m0/s1. The van der Waals surface area contributed by atoms with E-state index in [-0.39, 0.29) is 5.50 Å². The van der Waals surface area contributed by atoms with Gasteiger partial charge in [0.05, 0.1) is 5.70 Å². The molecule has 2 rings (SSSR count). The highest BCUT2D eigenvalue weighted by Gasteiger charge is 2.28. The fourth-order valence-corrected chi connectivity index (χ4v) is 1.10. The van der Waals surface area contributed by atoms with Gasteiger partial charge in [0.25, 0.3) is 0 Å². The van der Waals surface area contributed by atoms with E-state index < -0.39 is 0 Å². The lowest BCUT2D eigenvalue weighted by Crippen LogP contribution is -1.80. The molecule has 9 heavy (non-hydrogen) atoms. The lowest BCUT2D eigenvalue weighted by molar-refractivity contribution is 0.950. The first-order chi connectivity index (χ1) is 4.36. The van der Waals surface area contributed by atoms with E-state index in [1.54, 1.807) is 0 Å². The van der Waals surface area contributed by atoms with Crippen LogP contribution in [0.5, 0.6) is 0 Å². The number of alkyl halides is 1. The van der Waals surface area contributed by atoms with Gasteiger partial charge in [-0.2, -0.15) is 10.2 Å². The predicted octanol–water partition coefficient (Wildman–Crippen LogP) is 2.31. The molecule has 1 fully saturated rings. The van der Waals surface area contributed by atoms with Gasteiger partial charge in [-0.25, -0.2) is 0 Å².